The largest absolute Gasteiger partial charge is 0.480 e. The molecule has 1 saturated heterocycles. The lowest BCUT2D eigenvalue weighted by atomic mass is 10.1. The van der Waals surface area contributed by atoms with Crippen molar-refractivity contribution in [2.75, 3.05) is 23.0 Å². The van der Waals surface area contributed by atoms with Crippen LogP contribution in [0.2, 0.25) is 0 Å². The predicted octanol–water partition coefficient (Wildman–Crippen LogP) is 1.64. The number of aromatic nitrogens is 2. The standard InChI is InChI=1S/C13H13N3O2S/c17-13(18)11-8-19-6-5-16(11)12-10-4-2-1-3-9(10)7-14-15-12/h1-4,7,11H,5-6,8H2,(H,17,18). The van der Waals surface area contributed by atoms with Crippen LogP contribution in [0.4, 0.5) is 5.82 Å². The van der Waals surface area contributed by atoms with Crippen LogP contribution in [-0.4, -0.2) is 45.4 Å². The van der Waals surface area contributed by atoms with Gasteiger partial charge in [0.05, 0.1) is 6.20 Å². The molecule has 1 aromatic heterocycles. The molecule has 1 fully saturated rings. The molecule has 0 bridgehead atoms. The van der Waals surface area contributed by atoms with E-state index in [4.69, 9.17) is 0 Å². The number of anilines is 1. The van der Waals surface area contributed by atoms with Gasteiger partial charge in [-0.25, -0.2) is 4.79 Å². The first-order valence-corrected chi connectivity index (χ1v) is 7.20. The Morgan fingerprint density at radius 3 is 3.11 bits per heavy atom. The van der Waals surface area contributed by atoms with Crippen LogP contribution in [-0.2, 0) is 4.79 Å². The third-order valence-corrected chi connectivity index (χ3v) is 4.26. The van der Waals surface area contributed by atoms with Gasteiger partial charge in [-0.2, -0.15) is 16.9 Å². The van der Waals surface area contributed by atoms with Crippen LogP contribution in [0, 0.1) is 0 Å². The highest BCUT2D eigenvalue weighted by molar-refractivity contribution is 7.99. The van der Waals surface area contributed by atoms with Gasteiger partial charge in [-0.05, 0) is 0 Å². The molecule has 0 radical (unpaired) electrons. The summed E-state index contributed by atoms with van der Waals surface area (Å²) in [6.45, 7) is 0.685. The van der Waals surface area contributed by atoms with E-state index >= 15 is 0 Å². The zero-order chi connectivity index (χ0) is 13.2. The number of thioether (sulfide) groups is 1. The van der Waals surface area contributed by atoms with Crippen molar-refractivity contribution in [3.8, 4) is 0 Å². The molecule has 5 nitrogen and oxygen atoms in total. The topological polar surface area (TPSA) is 66.3 Å². The van der Waals surface area contributed by atoms with Crippen molar-refractivity contribution in [1.82, 2.24) is 10.2 Å². The summed E-state index contributed by atoms with van der Waals surface area (Å²) < 4.78 is 0. The number of nitrogens with zero attached hydrogens (tertiary/aromatic N) is 3. The molecule has 6 heteroatoms. The average Bonchev–Trinajstić information content (AvgIpc) is 2.46. The van der Waals surface area contributed by atoms with Crippen LogP contribution in [0.5, 0.6) is 0 Å². The van der Waals surface area contributed by atoms with Crippen molar-refractivity contribution in [3.63, 3.8) is 0 Å². The molecular formula is C13H13N3O2S. The first kappa shape index (κ1) is 12.2. The first-order chi connectivity index (χ1) is 9.27. The van der Waals surface area contributed by atoms with Gasteiger partial charge in [-0.1, -0.05) is 24.3 Å². The van der Waals surface area contributed by atoms with Crippen molar-refractivity contribution in [1.29, 1.82) is 0 Å². The third kappa shape index (κ3) is 2.23. The number of rotatable bonds is 2. The second-order valence-corrected chi connectivity index (χ2v) is 5.53. The molecule has 98 valence electrons. The van der Waals surface area contributed by atoms with Gasteiger partial charge in [-0.15, -0.1) is 5.10 Å². The fraction of sp³-hybridized carbons (Fsp3) is 0.308. The van der Waals surface area contributed by atoms with Gasteiger partial charge < -0.3 is 10.0 Å². The number of carbonyl (C=O) groups is 1. The fourth-order valence-electron chi connectivity index (χ4n) is 2.29. The minimum atomic E-state index is -0.804. The summed E-state index contributed by atoms with van der Waals surface area (Å²) in [6, 6.07) is 7.26. The Balaban J connectivity index is 2.09. The van der Waals surface area contributed by atoms with E-state index in [9.17, 15) is 9.90 Å². The van der Waals surface area contributed by atoms with Gasteiger partial charge in [0, 0.05) is 28.8 Å². The van der Waals surface area contributed by atoms with Crippen molar-refractivity contribution in [3.05, 3.63) is 30.5 Å². The summed E-state index contributed by atoms with van der Waals surface area (Å²) in [4.78, 5) is 13.2. The molecule has 0 spiro atoms. The Bertz CT molecular complexity index is 614. The number of carboxylic acids is 1. The molecule has 1 aliphatic rings. The van der Waals surface area contributed by atoms with Crippen molar-refractivity contribution >= 4 is 34.3 Å². The van der Waals surface area contributed by atoms with Crippen LogP contribution in [0.3, 0.4) is 0 Å². The molecule has 0 saturated carbocycles. The van der Waals surface area contributed by atoms with Gasteiger partial charge in [0.25, 0.3) is 0 Å². The monoisotopic (exact) mass is 275 g/mol. The lowest BCUT2D eigenvalue weighted by molar-refractivity contribution is -0.138. The molecule has 19 heavy (non-hydrogen) atoms. The van der Waals surface area contributed by atoms with E-state index in [1.807, 2.05) is 29.2 Å². The van der Waals surface area contributed by atoms with E-state index in [0.29, 0.717) is 18.1 Å². The summed E-state index contributed by atoms with van der Waals surface area (Å²) in [5.74, 6) is 1.36. The Morgan fingerprint density at radius 1 is 1.42 bits per heavy atom. The maximum Gasteiger partial charge on any atom is 0.327 e. The molecule has 2 heterocycles. The lowest BCUT2D eigenvalue weighted by Crippen LogP contribution is -2.48. The van der Waals surface area contributed by atoms with Gasteiger partial charge in [-0.3, -0.25) is 0 Å². The van der Waals surface area contributed by atoms with E-state index < -0.39 is 12.0 Å². The Hall–Kier alpha value is -1.82. The summed E-state index contributed by atoms with van der Waals surface area (Å²) in [7, 11) is 0. The maximum atomic E-state index is 11.4. The molecule has 3 rings (SSSR count). The zero-order valence-electron chi connectivity index (χ0n) is 10.2. The smallest absolute Gasteiger partial charge is 0.327 e. The summed E-state index contributed by atoms with van der Waals surface area (Å²) in [6.07, 6.45) is 1.70. The van der Waals surface area contributed by atoms with Crippen molar-refractivity contribution < 1.29 is 9.90 Å². The van der Waals surface area contributed by atoms with E-state index in [-0.39, 0.29) is 0 Å². The Kier molecular flexibility index (Phi) is 3.25. The third-order valence-electron chi connectivity index (χ3n) is 3.24. The van der Waals surface area contributed by atoms with Crippen LogP contribution in [0.15, 0.2) is 30.5 Å². The summed E-state index contributed by atoms with van der Waals surface area (Å²) >= 11 is 1.66. The maximum absolute atomic E-state index is 11.4. The number of aliphatic carboxylic acids is 1. The fourth-order valence-corrected chi connectivity index (χ4v) is 3.33. The average molecular weight is 275 g/mol. The molecular weight excluding hydrogens is 262 g/mol. The Morgan fingerprint density at radius 2 is 2.26 bits per heavy atom. The first-order valence-electron chi connectivity index (χ1n) is 6.05. The highest BCUT2D eigenvalue weighted by Crippen LogP contribution is 2.28. The second-order valence-electron chi connectivity index (χ2n) is 4.38. The van der Waals surface area contributed by atoms with E-state index in [1.165, 1.54) is 0 Å². The number of fused-ring (bicyclic) bond motifs is 1. The highest BCUT2D eigenvalue weighted by Gasteiger charge is 2.30. The van der Waals surface area contributed by atoms with Crippen molar-refractivity contribution in [2.45, 2.75) is 6.04 Å². The number of hydrogen-bond donors (Lipinski definition) is 1. The molecule has 1 aromatic carbocycles. The van der Waals surface area contributed by atoms with Gasteiger partial charge in [0.15, 0.2) is 5.82 Å². The lowest BCUT2D eigenvalue weighted by Gasteiger charge is -2.33. The molecule has 1 unspecified atom stereocenters. The summed E-state index contributed by atoms with van der Waals surface area (Å²) in [5, 5.41) is 19.4. The molecule has 1 aliphatic heterocycles. The van der Waals surface area contributed by atoms with Crippen molar-refractivity contribution in [2.24, 2.45) is 0 Å². The molecule has 1 atom stereocenters. The van der Waals surface area contributed by atoms with Crippen LogP contribution >= 0.6 is 11.8 Å². The van der Waals surface area contributed by atoms with Gasteiger partial charge >= 0.3 is 5.97 Å². The van der Waals surface area contributed by atoms with E-state index in [2.05, 4.69) is 10.2 Å². The van der Waals surface area contributed by atoms with Crippen LogP contribution < -0.4 is 4.90 Å². The van der Waals surface area contributed by atoms with Crippen LogP contribution in [0.1, 0.15) is 0 Å². The number of carboxylic acid groups (broad SMARTS) is 1. The predicted molar refractivity (Wildman–Crippen MR) is 75.6 cm³/mol. The van der Waals surface area contributed by atoms with Gasteiger partial charge in [0.1, 0.15) is 6.04 Å². The molecule has 2 aromatic rings. The number of hydrogen-bond acceptors (Lipinski definition) is 5. The number of benzene rings is 1. The van der Waals surface area contributed by atoms with E-state index in [0.717, 1.165) is 16.5 Å². The molecule has 1 N–H and O–H groups in total. The molecule has 0 aliphatic carbocycles. The van der Waals surface area contributed by atoms with Gasteiger partial charge in [0.2, 0.25) is 0 Å². The molecule has 0 amide bonds. The quantitative estimate of drug-likeness (QED) is 0.898. The highest BCUT2D eigenvalue weighted by atomic mass is 32.2. The van der Waals surface area contributed by atoms with E-state index in [1.54, 1.807) is 18.0 Å². The normalized spacial score (nSPS) is 19.6. The zero-order valence-corrected chi connectivity index (χ0v) is 11.0. The summed E-state index contributed by atoms with van der Waals surface area (Å²) in [5.41, 5.74) is 0. The minimum absolute atomic E-state index is 0.529. The SMILES string of the molecule is O=C(O)C1CSCCN1c1nncc2ccccc12. The second kappa shape index (κ2) is 5.05. The minimum Gasteiger partial charge on any atom is -0.480 e. The Labute approximate surface area is 114 Å². The van der Waals surface area contributed by atoms with Crippen LogP contribution in [0.25, 0.3) is 10.8 Å².